The highest BCUT2D eigenvalue weighted by molar-refractivity contribution is 6.04. The molecule has 0 bridgehead atoms. The van der Waals surface area contributed by atoms with E-state index >= 15 is 0 Å². The standard InChI is InChI=1S/C16H17N3O4/c1-3-19(2)16(22)23-12-7-4-6-11(10-12)18-15(21)13-8-5-9-17-14(13)20/h4-10H,3H2,1-2H3,(H,17,20)(H,18,21). The summed E-state index contributed by atoms with van der Waals surface area (Å²) in [5.41, 5.74) is -0.0551. The number of nitrogens with one attached hydrogen (secondary N) is 2. The van der Waals surface area contributed by atoms with Gasteiger partial charge in [-0.2, -0.15) is 0 Å². The monoisotopic (exact) mass is 315 g/mol. The molecular formula is C16H17N3O4. The zero-order valence-electron chi connectivity index (χ0n) is 12.8. The average molecular weight is 315 g/mol. The largest absolute Gasteiger partial charge is 0.414 e. The second-order valence-electron chi connectivity index (χ2n) is 4.78. The third-order valence-corrected chi connectivity index (χ3v) is 3.15. The Labute approximate surface area is 132 Å². The molecule has 0 spiro atoms. The van der Waals surface area contributed by atoms with Gasteiger partial charge in [-0.15, -0.1) is 0 Å². The van der Waals surface area contributed by atoms with Gasteiger partial charge in [0.1, 0.15) is 11.3 Å². The lowest BCUT2D eigenvalue weighted by Crippen LogP contribution is -2.29. The fourth-order valence-electron chi connectivity index (χ4n) is 1.74. The summed E-state index contributed by atoms with van der Waals surface area (Å²) >= 11 is 0. The quantitative estimate of drug-likeness (QED) is 0.903. The number of nitrogens with zero attached hydrogens (tertiary/aromatic N) is 1. The summed E-state index contributed by atoms with van der Waals surface area (Å²) in [6, 6.07) is 9.38. The Balaban J connectivity index is 2.11. The maximum Gasteiger partial charge on any atom is 0.414 e. The molecule has 0 aliphatic carbocycles. The minimum absolute atomic E-state index is 0.000569. The van der Waals surface area contributed by atoms with Gasteiger partial charge in [-0.25, -0.2) is 4.79 Å². The predicted molar refractivity (Wildman–Crippen MR) is 85.8 cm³/mol. The molecule has 7 nitrogen and oxygen atoms in total. The van der Waals surface area contributed by atoms with E-state index in [2.05, 4.69) is 10.3 Å². The molecule has 2 N–H and O–H groups in total. The van der Waals surface area contributed by atoms with E-state index in [-0.39, 0.29) is 5.56 Å². The molecule has 1 aromatic heterocycles. The number of rotatable bonds is 4. The van der Waals surface area contributed by atoms with Crippen LogP contribution in [0.2, 0.25) is 0 Å². The summed E-state index contributed by atoms with van der Waals surface area (Å²) < 4.78 is 5.19. The lowest BCUT2D eigenvalue weighted by molar-refractivity contribution is 0.102. The molecule has 2 rings (SSSR count). The number of H-pyrrole nitrogens is 1. The number of anilines is 1. The summed E-state index contributed by atoms with van der Waals surface area (Å²) in [6.45, 7) is 2.35. The Bertz CT molecular complexity index is 770. The van der Waals surface area contributed by atoms with Crippen LogP contribution in [0.15, 0.2) is 47.4 Å². The van der Waals surface area contributed by atoms with Gasteiger partial charge in [0, 0.05) is 31.5 Å². The third-order valence-electron chi connectivity index (χ3n) is 3.15. The van der Waals surface area contributed by atoms with Crippen molar-refractivity contribution in [1.29, 1.82) is 0 Å². The molecule has 0 fully saturated rings. The van der Waals surface area contributed by atoms with Gasteiger partial charge in [-0.3, -0.25) is 9.59 Å². The van der Waals surface area contributed by atoms with Crippen LogP contribution < -0.4 is 15.6 Å². The van der Waals surface area contributed by atoms with Crippen LogP contribution in [-0.4, -0.2) is 35.5 Å². The molecule has 0 aliphatic heterocycles. The predicted octanol–water partition coefficient (Wildman–Crippen LogP) is 2.08. The van der Waals surface area contributed by atoms with Gasteiger partial charge in [-0.1, -0.05) is 6.07 Å². The molecule has 2 aromatic rings. The van der Waals surface area contributed by atoms with Crippen molar-refractivity contribution in [3.05, 3.63) is 58.5 Å². The zero-order valence-corrected chi connectivity index (χ0v) is 12.8. The van der Waals surface area contributed by atoms with Crippen molar-refractivity contribution in [3.8, 4) is 5.75 Å². The van der Waals surface area contributed by atoms with Crippen molar-refractivity contribution in [2.75, 3.05) is 18.9 Å². The number of aromatic nitrogens is 1. The summed E-state index contributed by atoms with van der Waals surface area (Å²) in [5, 5.41) is 2.59. The van der Waals surface area contributed by atoms with Crippen molar-refractivity contribution < 1.29 is 14.3 Å². The zero-order chi connectivity index (χ0) is 16.8. The maximum absolute atomic E-state index is 12.1. The summed E-state index contributed by atoms with van der Waals surface area (Å²) in [4.78, 5) is 39.2. The number of hydrogen-bond acceptors (Lipinski definition) is 4. The van der Waals surface area contributed by atoms with Gasteiger partial charge in [0.25, 0.3) is 11.5 Å². The summed E-state index contributed by atoms with van der Waals surface area (Å²) in [6.07, 6.45) is 0.958. The minimum atomic E-state index is -0.541. The molecule has 0 saturated carbocycles. The molecular weight excluding hydrogens is 298 g/mol. The fraction of sp³-hybridized carbons (Fsp3) is 0.188. The first-order chi connectivity index (χ1) is 11.0. The Morgan fingerprint density at radius 1 is 1.26 bits per heavy atom. The molecule has 0 unspecified atom stereocenters. The fourth-order valence-corrected chi connectivity index (χ4v) is 1.74. The van der Waals surface area contributed by atoms with E-state index in [0.29, 0.717) is 18.0 Å². The second kappa shape index (κ2) is 7.26. The highest BCUT2D eigenvalue weighted by Crippen LogP contribution is 2.18. The third kappa shape index (κ3) is 4.19. The molecule has 0 radical (unpaired) electrons. The molecule has 1 aromatic carbocycles. The number of benzene rings is 1. The van der Waals surface area contributed by atoms with E-state index in [1.807, 2.05) is 6.92 Å². The van der Waals surface area contributed by atoms with Crippen molar-refractivity contribution in [3.63, 3.8) is 0 Å². The minimum Gasteiger partial charge on any atom is -0.410 e. The van der Waals surface area contributed by atoms with Crippen LogP contribution >= 0.6 is 0 Å². The number of carbonyl (C=O) groups excluding carboxylic acids is 2. The van der Waals surface area contributed by atoms with Crippen LogP contribution in [0.1, 0.15) is 17.3 Å². The highest BCUT2D eigenvalue weighted by Gasteiger charge is 2.12. The smallest absolute Gasteiger partial charge is 0.410 e. The Kier molecular flexibility index (Phi) is 5.14. The Hall–Kier alpha value is -3.09. The second-order valence-corrected chi connectivity index (χ2v) is 4.78. The van der Waals surface area contributed by atoms with Gasteiger partial charge in [-0.05, 0) is 31.2 Å². The first kappa shape index (κ1) is 16.3. The van der Waals surface area contributed by atoms with Gasteiger partial charge in [0.05, 0.1) is 0 Å². The van der Waals surface area contributed by atoms with Gasteiger partial charge in [0.2, 0.25) is 0 Å². The molecule has 23 heavy (non-hydrogen) atoms. The van der Waals surface area contributed by atoms with Gasteiger partial charge >= 0.3 is 6.09 Å². The van der Waals surface area contributed by atoms with Crippen LogP contribution in [0, 0.1) is 0 Å². The average Bonchev–Trinajstić information content (AvgIpc) is 2.54. The lowest BCUT2D eigenvalue weighted by atomic mass is 10.2. The van der Waals surface area contributed by atoms with E-state index in [4.69, 9.17) is 4.74 Å². The summed E-state index contributed by atoms with van der Waals surface area (Å²) in [5.74, 6) is -0.240. The van der Waals surface area contributed by atoms with Crippen LogP contribution in [0.5, 0.6) is 5.75 Å². The SMILES string of the molecule is CCN(C)C(=O)Oc1cccc(NC(=O)c2ccc[nH]c2=O)c1. The van der Waals surface area contributed by atoms with Crippen molar-refractivity contribution >= 4 is 17.7 Å². The Morgan fingerprint density at radius 2 is 2.04 bits per heavy atom. The number of aromatic amines is 1. The van der Waals surface area contributed by atoms with Crippen LogP contribution in [0.4, 0.5) is 10.5 Å². The molecule has 2 amide bonds. The molecule has 120 valence electrons. The lowest BCUT2D eigenvalue weighted by Gasteiger charge is -2.14. The first-order valence-electron chi connectivity index (χ1n) is 7.03. The van der Waals surface area contributed by atoms with Gasteiger partial charge in [0.15, 0.2) is 0 Å². The van der Waals surface area contributed by atoms with E-state index in [1.54, 1.807) is 31.3 Å². The van der Waals surface area contributed by atoms with Crippen LogP contribution in [-0.2, 0) is 0 Å². The van der Waals surface area contributed by atoms with E-state index in [9.17, 15) is 14.4 Å². The maximum atomic E-state index is 12.1. The van der Waals surface area contributed by atoms with Gasteiger partial charge < -0.3 is 19.9 Å². The van der Waals surface area contributed by atoms with Crippen LogP contribution in [0.25, 0.3) is 0 Å². The Morgan fingerprint density at radius 3 is 2.74 bits per heavy atom. The number of hydrogen-bond donors (Lipinski definition) is 2. The van der Waals surface area contributed by atoms with E-state index in [1.165, 1.54) is 23.2 Å². The van der Waals surface area contributed by atoms with E-state index < -0.39 is 17.6 Å². The topological polar surface area (TPSA) is 91.5 Å². The molecule has 0 atom stereocenters. The number of amides is 2. The number of carbonyl (C=O) groups is 2. The molecule has 1 heterocycles. The normalized spacial score (nSPS) is 10.0. The van der Waals surface area contributed by atoms with Crippen molar-refractivity contribution in [2.24, 2.45) is 0 Å². The first-order valence-corrected chi connectivity index (χ1v) is 7.03. The van der Waals surface area contributed by atoms with Crippen molar-refractivity contribution in [2.45, 2.75) is 6.92 Å². The van der Waals surface area contributed by atoms with Crippen molar-refractivity contribution in [1.82, 2.24) is 9.88 Å². The highest BCUT2D eigenvalue weighted by atomic mass is 16.6. The molecule has 0 aliphatic rings. The molecule has 0 saturated heterocycles. The molecule has 7 heteroatoms. The summed E-state index contributed by atoms with van der Waals surface area (Å²) in [7, 11) is 1.62. The number of pyridine rings is 1. The van der Waals surface area contributed by atoms with E-state index in [0.717, 1.165) is 0 Å². The van der Waals surface area contributed by atoms with Crippen LogP contribution in [0.3, 0.4) is 0 Å². The number of ether oxygens (including phenoxy) is 1.